The number of rotatable bonds is 81. The first kappa shape index (κ1) is 100. The van der Waals surface area contributed by atoms with Crippen LogP contribution in [0.3, 0.4) is 0 Å². The van der Waals surface area contributed by atoms with Crippen molar-refractivity contribution >= 4 is 39.5 Å². The molecule has 0 saturated heterocycles. The van der Waals surface area contributed by atoms with Crippen LogP contribution in [0.25, 0.3) is 0 Å². The summed E-state index contributed by atoms with van der Waals surface area (Å²) in [5.41, 5.74) is 0. The molecular formula is C83H162O17P2. The maximum atomic E-state index is 13.1. The lowest BCUT2D eigenvalue weighted by molar-refractivity contribution is -0.161. The zero-order valence-corrected chi connectivity index (χ0v) is 68.9. The largest absolute Gasteiger partial charge is 0.472 e. The highest BCUT2D eigenvalue weighted by molar-refractivity contribution is 7.47. The number of esters is 4. The summed E-state index contributed by atoms with van der Waals surface area (Å²) in [5.74, 6) is 0.190. The van der Waals surface area contributed by atoms with Gasteiger partial charge in [-0.2, -0.15) is 0 Å². The molecule has 0 spiro atoms. The van der Waals surface area contributed by atoms with Crippen molar-refractivity contribution in [3.05, 3.63) is 0 Å². The Bertz CT molecular complexity index is 1980. The lowest BCUT2D eigenvalue weighted by Gasteiger charge is -2.21. The first-order chi connectivity index (χ1) is 49.3. The highest BCUT2D eigenvalue weighted by Crippen LogP contribution is 2.45. The molecule has 0 aromatic carbocycles. The van der Waals surface area contributed by atoms with Crippen LogP contribution in [-0.2, 0) is 65.4 Å². The van der Waals surface area contributed by atoms with Gasteiger partial charge in [0.2, 0.25) is 0 Å². The van der Waals surface area contributed by atoms with Gasteiger partial charge in [0.05, 0.1) is 26.4 Å². The highest BCUT2D eigenvalue weighted by atomic mass is 31.2. The summed E-state index contributed by atoms with van der Waals surface area (Å²) in [6, 6.07) is 0. The average molecular weight is 1490 g/mol. The molecule has 0 rings (SSSR count). The van der Waals surface area contributed by atoms with E-state index in [4.69, 9.17) is 37.0 Å². The zero-order chi connectivity index (χ0) is 75.1. The molecule has 0 saturated carbocycles. The van der Waals surface area contributed by atoms with E-state index in [9.17, 15) is 43.2 Å². The van der Waals surface area contributed by atoms with E-state index in [1.54, 1.807) is 0 Å². The second-order valence-corrected chi connectivity index (χ2v) is 34.0. The predicted molar refractivity (Wildman–Crippen MR) is 418 cm³/mol. The quantitative estimate of drug-likeness (QED) is 0.0222. The summed E-state index contributed by atoms with van der Waals surface area (Å²) >= 11 is 0. The van der Waals surface area contributed by atoms with E-state index in [1.807, 2.05) is 0 Å². The van der Waals surface area contributed by atoms with Crippen LogP contribution in [0.4, 0.5) is 0 Å². The number of hydrogen-bond donors (Lipinski definition) is 3. The van der Waals surface area contributed by atoms with E-state index in [-0.39, 0.29) is 25.7 Å². The van der Waals surface area contributed by atoms with Crippen LogP contribution in [0.5, 0.6) is 0 Å². The molecule has 606 valence electrons. The van der Waals surface area contributed by atoms with Gasteiger partial charge in [0, 0.05) is 25.7 Å². The Labute approximate surface area is 626 Å². The van der Waals surface area contributed by atoms with Gasteiger partial charge in [0.25, 0.3) is 0 Å². The molecule has 0 bridgehead atoms. The lowest BCUT2D eigenvalue weighted by Crippen LogP contribution is -2.30. The molecule has 0 heterocycles. The monoisotopic (exact) mass is 1490 g/mol. The fourth-order valence-corrected chi connectivity index (χ4v) is 14.4. The predicted octanol–water partition coefficient (Wildman–Crippen LogP) is 24.9. The molecule has 0 fully saturated rings. The van der Waals surface area contributed by atoms with Gasteiger partial charge >= 0.3 is 39.5 Å². The summed E-state index contributed by atoms with van der Waals surface area (Å²) in [6.45, 7) is 11.9. The van der Waals surface area contributed by atoms with Crippen molar-refractivity contribution in [1.29, 1.82) is 0 Å². The van der Waals surface area contributed by atoms with Gasteiger partial charge in [-0.25, -0.2) is 9.13 Å². The number of aliphatic hydroxyl groups excluding tert-OH is 1. The molecule has 0 aromatic rings. The lowest BCUT2D eigenvalue weighted by atomic mass is 9.99. The third-order valence-electron chi connectivity index (χ3n) is 19.7. The third-order valence-corrected chi connectivity index (χ3v) is 21.6. The SMILES string of the molecule is CCCCCCCCCCCCCCCCCCCCC(=O)OC[C@H](COP(=O)(O)OC[C@@H](O)COP(=O)(O)OC[C@@H](COC(=O)CCCCCCCCC(C)C)OC(=O)CCCCCCCCCCCCC(C)C)OC(=O)CCCCCCCCCCCCCCCCCCCCC(C)CC. The maximum absolute atomic E-state index is 13.1. The molecule has 0 radical (unpaired) electrons. The van der Waals surface area contributed by atoms with Crippen molar-refractivity contribution in [2.45, 2.75) is 452 Å². The van der Waals surface area contributed by atoms with Gasteiger partial charge in [-0.1, -0.05) is 382 Å². The van der Waals surface area contributed by atoms with Crippen molar-refractivity contribution in [3.63, 3.8) is 0 Å². The molecule has 0 aromatic heterocycles. The summed E-state index contributed by atoms with van der Waals surface area (Å²) < 4.78 is 68.7. The Morgan fingerprint density at radius 2 is 0.500 bits per heavy atom. The van der Waals surface area contributed by atoms with Crippen molar-refractivity contribution in [1.82, 2.24) is 0 Å². The van der Waals surface area contributed by atoms with E-state index < -0.39 is 97.5 Å². The van der Waals surface area contributed by atoms with E-state index in [2.05, 4.69) is 48.5 Å². The standard InChI is InChI=1S/C83H162O17P2/c1-8-10-11-12-13-14-15-16-17-18-22-25-28-31-37-42-50-57-64-80(85)93-70-78(99-82(87)66-59-52-43-38-32-29-26-23-20-19-21-24-27-30-36-41-49-56-63-76(7)9-2)72-97-101(89,90)95-68-77(84)69-96-102(91,92)98-73-79(71-94-81(86)65-58-51-46-45-48-55-62-75(5)6)100-83(88)67-60-53-44-39-34-33-35-40-47-54-61-74(3)4/h74-79,84H,8-73H2,1-7H3,(H,89,90)(H,91,92)/t76?,77-,78-,79-/m1/s1. The Balaban J connectivity index is 5.20. The second-order valence-electron chi connectivity index (χ2n) is 31.1. The molecule has 102 heavy (non-hydrogen) atoms. The van der Waals surface area contributed by atoms with E-state index >= 15 is 0 Å². The molecule has 0 amide bonds. The molecule has 17 nitrogen and oxygen atoms in total. The minimum absolute atomic E-state index is 0.105. The Kier molecular flexibility index (Phi) is 71.8. The zero-order valence-electron chi connectivity index (χ0n) is 67.1. The third kappa shape index (κ3) is 74.9. The van der Waals surface area contributed by atoms with E-state index in [0.717, 1.165) is 108 Å². The fraction of sp³-hybridized carbons (Fsp3) is 0.952. The first-order valence-corrected chi connectivity index (χ1v) is 45.9. The highest BCUT2D eigenvalue weighted by Gasteiger charge is 2.30. The minimum Gasteiger partial charge on any atom is -0.462 e. The van der Waals surface area contributed by atoms with Crippen LogP contribution in [0.2, 0.25) is 0 Å². The minimum atomic E-state index is -4.96. The van der Waals surface area contributed by atoms with Crippen molar-refractivity contribution in [3.8, 4) is 0 Å². The molecule has 0 aliphatic heterocycles. The van der Waals surface area contributed by atoms with E-state index in [0.29, 0.717) is 31.6 Å². The number of phosphoric acid groups is 2. The van der Waals surface area contributed by atoms with Gasteiger partial charge in [-0.05, 0) is 43.4 Å². The van der Waals surface area contributed by atoms with Crippen LogP contribution in [-0.4, -0.2) is 96.7 Å². The molecule has 19 heteroatoms. The Morgan fingerprint density at radius 1 is 0.284 bits per heavy atom. The number of carbonyl (C=O) groups excluding carboxylic acids is 4. The number of hydrogen-bond acceptors (Lipinski definition) is 15. The molecule has 0 aliphatic carbocycles. The molecule has 3 N–H and O–H groups in total. The number of aliphatic hydroxyl groups is 1. The van der Waals surface area contributed by atoms with Gasteiger partial charge in [0.15, 0.2) is 12.2 Å². The summed E-state index contributed by atoms with van der Waals surface area (Å²) in [5, 5.41) is 10.6. The van der Waals surface area contributed by atoms with Crippen LogP contribution < -0.4 is 0 Å². The summed E-state index contributed by atoms with van der Waals surface area (Å²) in [4.78, 5) is 73.0. The van der Waals surface area contributed by atoms with E-state index in [1.165, 1.54) is 238 Å². The van der Waals surface area contributed by atoms with Gasteiger partial charge in [-0.3, -0.25) is 37.3 Å². The Hall–Kier alpha value is -1.94. The molecular weight excluding hydrogens is 1330 g/mol. The van der Waals surface area contributed by atoms with Gasteiger partial charge in [0.1, 0.15) is 19.3 Å². The average Bonchev–Trinajstić information content (AvgIpc) is 1.00. The Morgan fingerprint density at radius 3 is 0.745 bits per heavy atom. The van der Waals surface area contributed by atoms with Crippen molar-refractivity contribution in [2.75, 3.05) is 39.6 Å². The van der Waals surface area contributed by atoms with Crippen LogP contribution in [0.1, 0.15) is 434 Å². The second kappa shape index (κ2) is 73.2. The van der Waals surface area contributed by atoms with Crippen LogP contribution in [0, 0.1) is 17.8 Å². The van der Waals surface area contributed by atoms with Crippen LogP contribution in [0.15, 0.2) is 0 Å². The maximum Gasteiger partial charge on any atom is 0.472 e. The fourth-order valence-electron chi connectivity index (χ4n) is 12.8. The normalized spacial score (nSPS) is 14.2. The first-order valence-electron chi connectivity index (χ1n) is 42.9. The molecule has 3 unspecified atom stereocenters. The van der Waals surface area contributed by atoms with Gasteiger partial charge < -0.3 is 33.8 Å². The van der Waals surface area contributed by atoms with Crippen molar-refractivity contribution < 1.29 is 80.2 Å². The van der Waals surface area contributed by atoms with Crippen LogP contribution >= 0.6 is 15.6 Å². The smallest absolute Gasteiger partial charge is 0.462 e. The van der Waals surface area contributed by atoms with Gasteiger partial charge in [-0.15, -0.1) is 0 Å². The van der Waals surface area contributed by atoms with Crippen molar-refractivity contribution in [2.24, 2.45) is 17.8 Å². The number of unbranched alkanes of at least 4 members (excludes halogenated alkanes) is 48. The summed E-state index contributed by atoms with van der Waals surface area (Å²) in [6.07, 6.45) is 62.7. The number of phosphoric ester groups is 2. The number of carbonyl (C=O) groups is 4. The topological polar surface area (TPSA) is 237 Å². The molecule has 0 aliphatic rings. The summed E-state index contributed by atoms with van der Waals surface area (Å²) in [7, 11) is -9.92. The molecule has 6 atom stereocenters. The number of ether oxygens (including phenoxy) is 4.